The number of rotatable bonds is 3. The Kier molecular flexibility index (Phi) is 3.82. The van der Waals surface area contributed by atoms with Crippen LogP contribution in [0.15, 0.2) is 18.2 Å². The number of carbonyl (C=O) groups excluding carboxylic acids is 1. The first kappa shape index (κ1) is 13.5. The van der Waals surface area contributed by atoms with Crippen molar-refractivity contribution in [2.24, 2.45) is 0 Å². The normalized spacial score (nSPS) is 21.9. The van der Waals surface area contributed by atoms with Crippen LogP contribution in [0.2, 0.25) is 0 Å². The molecule has 1 aliphatic rings. The molecule has 19 heavy (non-hydrogen) atoms. The number of nitrogens with zero attached hydrogens (tertiary/aromatic N) is 1. The molecule has 0 aliphatic carbocycles. The van der Waals surface area contributed by atoms with Gasteiger partial charge in [-0.15, -0.1) is 0 Å². The summed E-state index contributed by atoms with van der Waals surface area (Å²) in [6.45, 7) is 2.77. The Bertz CT molecular complexity index is 530. The van der Waals surface area contributed by atoms with Gasteiger partial charge in [-0.3, -0.25) is 4.79 Å². The number of hydrogen-bond donors (Lipinski definition) is 2. The van der Waals surface area contributed by atoms with Crippen molar-refractivity contribution in [3.8, 4) is 6.07 Å². The molecule has 5 heteroatoms. The van der Waals surface area contributed by atoms with Crippen LogP contribution in [-0.2, 0) is 4.79 Å². The monoisotopic (exact) mass is 261 g/mol. The molecule has 1 aliphatic heterocycles. The predicted octanol–water partition coefficient (Wildman–Crippen LogP) is 2.17. The van der Waals surface area contributed by atoms with Gasteiger partial charge >= 0.3 is 0 Å². The van der Waals surface area contributed by atoms with E-state index in [4.69, 9.17) is 5.26 Å². The fraction of sp³-hybridized carbons (Fsp3) is 0.429. The summed E-state index contributed by atoms with van der Waals surface area (Å²) in [6.07, 6.45) is 2.41. The Labute approximate surface area is 111 Å². The molecule has 2 rings (SSSR count). The fourth-order valence-corrected chi connectivity index (χ4v) is 2.42. The second kappa shape index (κ2) is 5.37. The van der Waals surface area contributed by atoms with Gasteiger partial charge in [-0.2, -0.15) is 5.26 Å². The topological polar surface area (TPSA) is 64.9 Å². The lowest BCUT2D eigenvalue weighted by molar-refractivity contribution is -0.122. The fourth-order valence-electron chi connectivity index (χ4n) is 2.42. The summed E-state index contributed by atoms with van der Waals surface area (Å²) in [6, 6.07) is 5.66. The van der Waals surface area contributed by atoms with Gasteiger partial charge in [0.2, 0.25) is 5.91 Å². The summed E-state index contributed by atoms with van der Waals surface area (Å²) in [5, 5.41) is 14.9. The van der Waals surface area contributed by atoms with E-state index in [1.54, 1.807) is 0 Å². The van der Waals surface area contributed by atoms with E-state index in [0.717, 1.165) is 25.5 Å². The lowest BCUT2D eigenvalue weighted by atomic mass is 9.93. The third-order valence-corrected chi connectivity index (χ3v) is 3.63. The first-order valence-electron chi connectivity index (χ1n) is 6.37. The first-order valence-corrected chi connectivity index (χ1v) is 6.37. The zero-order valence-electron chi connectivity index (χ0n) is 10.8. The third-order valence-electron chi connectivity index (χ3n) is 3.63. The number of halogens is 1. The van der Waals surface area contributed by atoms with Gasteiger partial charge in [-0.25, -0.2) is 4.39 Å². The molecule has 1 unspecified atom stereocenters. The van der Waals surface area contributed by atoms with Crippen LogP contribution in [0, 0.1) is 17.1 Å². The molecule has 1 heterocycles. The van der Waals surface area contributed by atoms with Crippen LogP contribution < -0.4 is 10.6 Å². The standard InChI is InChI=1S/C14H16FN3O/c1-2-14(6-3-7-17-14)13(19)18-12-5-4-11(15)8-10(12)9-16/h4-5,8,17H,2-3,6-7H2,1H3,(H,18,19). The molecule has 0 spiro atoms. The summed E-state index contributed by atoms with van der Waals surface area (Å²) in [7, 11) is 0. The highest BCUT2D eigenvalue weighted by atomic mass is 19.1. The maximum absolute atomic E-state index is 13.0. The van der Waals surface area contributed by atoms with Gasteiger partial charge in [-0.1, -0.05) is 6.92 Å². The van der Waals surface area contributed by atoms with Crippen molar-refractivity contribution in [3.63, 3.8) is 0 Å². The molecule has 0 radical (unpaired) electrons. The van der Waals surface area contributed by atoms with Crippen LogP contribution in [0.5, 0.6) is 0 Å². The van der Waals surface area contributed by atoms with E-state index in [1.165, 1.54) is 12.1 Å². The molecule has 1 aromatic carbocycles. The largest absolute Gasteiger partial charge is 0.323 e. The molecule has 100 valence electrons. The minimum Gasteiger partial charge on any atom is -0.323 e. The second-order valence-electron chi connectivity index (χ2n) is 4.72. The zero-order chi connectivity index (χ0) is 13.9. The highest BCUT2D eigenvalue weighted by Crippen LogP contribution is 2.26. The number of benzene rings is 1. The molecule has 4 nitrogen and oxygen atoms in total. The van der Waals surface area contributed by atoms with Crippen molar-refractivity contribution < 1.29 is 9.18 Å². The van der Waals surface area contributed by atoms with Crippen molar-refractivity contribution in [1.82, 2.24) is 5.32 Å². The van der Waals surface area contributed by atoms with Crippen LogP contribution >= 0.6 is 0 Å². The van der Waals surface area contributed by atoms with Crippen molar-refractivity contribution in [2.45, 2.75) is 31.7 Å². The number of anilines is 1. The minimum absolute atomic E-state index is 0.137. The van der Waals surface area contributed by atoms with Crippen LogP contribution in [0.4, 0.5) is 10.1 Å². The molecule has 1 amide bonds. The number of amides is 1. The number of hydrogen-bond acceptors (Lipinski definition) is 3. The molecule has 0 bridgehead atoms. The Hall–Kier alpha value is -1.93. The summed E-state index contributed by atoms with van der Waals surface area (Å²) in [5.74, 6) is -0.644. The van der Waals surface area contributed by atoms with Crippen molar-refractivity contribution in [1.29, 1.82) is 5.26 Å². The molecule has 1 aromatic rings. The van der Waals surface area contributed by atoms with E-state index in [-0.39, 0.29) is 11.5 Å². The highest BCUT2D eigenvalue weighted by Gasteiger charge is 2.39. The average Bonchev–Trinajstić information content (AvgIpc) is 2.90. The van der Waals surface area contributed by atoms with Crippen molar-refractivity contribution in [2.75, 3.05) is 11.9 Å². The molecule has 1 saturated heterocycles. The van der Waals surface area contributed by atoms with Crippen molar-refractivity contribution >= 4 is 11.6 Å². The smallest absolute Gasteiger partial charge is 0.244 e. The van der Waals surface area contributed by atoms with Gasteiger partial charge in [0.25, 0.3) is 0 Å². The summed E-state index contributed by atoms with van der Waals surface area (Å²) in [5.41, 5.74) is -0.0748. The van der Waals surface area contributed by atoms with Gasteiger partial charge in [0.1, 0.15) is 11.9 Å². The van der Waals surface area contributed by atoms with Crippen molar-refractivity contribution in [3.05, 3.63) is 29.6 Å². The molecular formula is C14H16FN3O. The molecule has 0 saturated carbocycles. The molecular weight excluding hydrogens is 245 g/mol. The minimum atomic E-state index is -0.568. The van der Waals surface area contributed by atoms with Gasteiger partial charge in [0, 0.05) is 0 Å². The van der Waals surface area contributed by atoms with E-state index >= 15 is 0 Å². The van der Waals surface area contributed by atoms with E-state index in [2.05, 4.69) is 10.6 Å². The van der Waals surface area contributed by atoms with Crippen LogP contribution in [0.25, 0.3) is 0 Å². The Morgan fingerprint density at radius 2 is 2.42 bits per heavy atom. The Morgan fingerprint density at radius 3 is 3.00 bits per heavy atom. The van der Waals surface area contributed by atoms with E-state index in [9.17, 15) is 9.18 Å². The predicted molar refractivity (Wildman–Crippen MR) is 70.0 cm³/mol. The quantitative estimate of drug-likeness (QED) is 0.876. The lowest BCUT2D eigenvalue weighted by Crippen LogP contribution is -2.50. The van der Waals surface area contributed by atoms with Crippen LogP contribution in [-0.4, -0.2) is 18.0 Å². The van der Waals surface area contributed by atoms with Gasteiger partial charge in [0.05, 0.1) is 16.8 Å². The SMILES string of the molecule is CCC1(C(=O)Nc2ccc(F)cc2C#N)CCCN1. The van der Waals surface area contributed by atoms with E-state index in [0.29, 0.717) is 12.1 Å². The summed E-state index contributed by atoms with van der Waals surface area (Å²) >= 11 is 0. The van der Waals surface area contributed by atoms with E-state index < -0.39 is 11.4 Å². The van der Waals surface area contributed by atoms with Crippen LogP contribution in [0.3, 0.4) is 0 Å². The lowest BCUT2D eigenvalue weighted by Gasteiger charge is -2.26. The Morgan fingerprint density at radius 1 is 1.63 bits per heavy atom. The maximum atomic E-state index is 13.0. The van der Waals surface area contributed by atoms with Crippen LogP contribution in [0.1, 0.15) is 31.7 Å². The molecule has 1 atom stereocenters. The van der Waals surface area contributed by atoms with Gasteiger partial charge in [-0.05, 0) is 44.0 Å². The maximum Gasteiger partial charge on any atom is 0.244 e. The first-order chi connectivity index (χ1) is 9.11. The number of carbonyl (C=O) groups is 1. The Balaban J connectivity index is 2.22. The second-order valence-corrected chi connectivity index (χ2v) is 4.72. The molecule has 1 fully saturated rings. The highest BCUT2D eigenvalue weighted by molar-refractivity contribution is 5.99. The molecule has 2 N–H and O–H groups in total. The molecule has 0 aromatic heterocycles. The summed E-state index contributed by atoms with van der Waals surface area (Å²) in [4.78, 5) is 12.3. The van der Waals surface area contributed by atoms with Gasteiger partial charge in [0.15, 0.2) is 0 Å². The number of nitriles is 1. The van der Waals surface area contributed by atoms with E-state index in [1.807, 2.05) is 13.0 Å². The zero-order valence-corrected chi connectivity index (χ0v) is 10.8. The third kappa shape index (κ3) is 2.59. The number of nitrogens with one attached hydrogen (secondary N) is 2. The summed E-state index contributed by atoms with van der Waals surface area (Å²) < 4.78 is 13.0. The van der Waals surface area contributed by atoms with Gasteiger partial charge < -0.3 is 10.6 Å². The average molecular weight is 261 g/mol.